The number of phenols is 1. The summed E-state index contributed by atoms with van der Waals surface area (Å²) in [6.45, 7) is 1.36. The van der Waals surface area contributed by atoms with Crippen LogP contribution in [-0.4, -0.2) is 33.9 Å². The first-order chi connectivity index (χ1) is 12.3. The number of benzene rings is 2. The van der Waals surface area contributed by atoms with Crippen LogP contribution in [0.4, 0.5) is 0 Å². The van der Waals surface area contributed by atoms with E-state index in [1.807, 2.05) is 0 Å². The van der Waals surface area contributed by atoms with Crippen LogP contribution in [0.3, 0.4) is 0 Å². The number of phenolic OH excluding ortho intramolecular Hbond substituents is 1. The van der Waals surface area contributed by atoms with Crippen LogP contribution in [-0.2, 0) is 11.2 Å². The number of hydrogen-bond donors (Lipinski definition) is 3. The highest BCUT2D eigenvalue weighted by Gasteiger charge is 2.17. The predicted molar refractivity (Wildman–Crippen MR) is 96.8 cm³/mol. The van der Waals surface area contributed by atoms with Gasteiger partial charge in [0.1, 0.15) is 11.8 Å². The van der Waals surface area contributed by atoms with Crippen LogP contribution in [0.5, 0.6) is 5.75 Å². The van der Waals surface area contributed by atoms with Crippen LogP contribution in [0.25, 0.3) is 0 Å². The number of halogens is 1. The summed E-state index contributed by atoms with van der Waals surface area (Å²) in [5.74, 6) is -1.80. The van der Waals surface area contributed by atoms with E-state index in [9.17, 15) is 19.5 Å². The lowest BCUT2D eigenvalue weighted by Crippen LogP contribution is -2.38. The molecule has 2 aromatic carbocycles. The molecule has 136 valence electrons. The Hall–Kier alpha value is -2.86. The van der Waals surface area contributed by atoms with Gasteiger partial charge in [-0.1, -0.05) is 29.8 Å². The summed E-state index contributed by atoms with van der Waals surface area (Å²) in [4.78, 5) is 35.0. The van der Waals surface area contributed by atoms with Gasteiger partial charge in [-0.2, -0.15) is 0 Å². The van der Waals surface area contributed by atoms with Crippen molar-refractivity contribution in [1.29, 1.82) is 0 Å². The fraction of sp³-hybridized carbons (Fsp3) is 0.211. The standard InChI is InChI=1S/C19H18ClNO5/c1-11(19(25)26)21-18(24)15-7-5-12(9-16(15)20)6-8-17(23)13-3-2-4-14(22)10-13/h2-5,7,9-11,22H,6,8H2,1H3,(H,21,24)(H,25,26)/t11-/m0/s1. The van der Waals surface area contributed by atoms with E-state index in [-0.39, 0.29) is 28.5 Å². The maximum absolute atomic E-state index is 12.2. The number of carbonyl (C=O) groups excluding carboxylic acids is 2. The van der Waals surface area contributed by atoms with Gasteiger partial charge in [-0.05, 0) is 43.2 Å². The average Bonchev–Trinajstić information content (AvgIpc) is 2.59. The van der Waals surface area contributed by atoms with Gasteiger partial charge >= 0.3 is 5.97 Å². The average molecular weight is 376 g/mol. The number of carbonyl (C=O) groups is 3. The zero-order valence-electron chi connectivity index (χ0n) is 14.0. The van der Waals surface area contributed by atoms with E-state index in [4.69, 9.17) is 16.7 Å². The van der Waals surface area contributed by atoms with E-state index < -0.39 is 17.9 Å². The molecule has 26 heavy (non-hydrogen) atoms. The molecule has 2 aromatic rings. The summed E-state index contributed by atoms with van der Waals surface area (Å²) >= 11 is 6.11. The molecule has 0 fully saturated rings. The molecule has 6 nitrogen and oxygen atoms in total. The van der Waals surface area contributed by atoms with Crippen LogP contribution in [0.15, 0.2) is 42.5 Å². The first-order valence-electron chi connectivity index (χ1n) is 7.92. The summed E-state index contributed by atoms with van der Waals surface area (Å²) < 4.78 is 0. The lowest BCUT2D eigenvalue weighted by molar-refractivity contribution is -0.138. The van der Waals surface area contributed by atoms with Crippen LogP contribution in [0, 0.1) is 0 Å². The highest BCUT2D eigenvalue weighted by atomic mass is 35.5. The van der Waals surface area contributed by atoms with Crippen molar-refractivity contribution in [2.24, 2.45) is 0 Å². The molecule has 0 heterocycles. The number of ketones is 1. The molecular formula is C19H18ClNO5. The minimum atomic E-state index is -1.14. The molecule has 2 rings (SSSR count). The van der Waals surface area contributed by atoms with Crippen LogP contribution in [0.2, 0.25) is 5.02 Å². The number of aryl methyl sites for hydroxylation is 1. The lowest BCUT2D eigenvalue weighted by atomic mass is 10.0. The van der Waals surface area contributed by atoms with E-state index in [2.05, 4.69) is 5.32 Å². The molecule has 1 atom stereocenters. The second kappa shape index (κ2) is 8.49. The number of Topliss-reactive ketones (excluding diaryl/α,β-unsaturated/α-hetero) is 1. The summed E-state index contributed by atoms with van der Waals surface area (Å²) in [6.07, 6.45) is 0.642. The Balaban J connectivity index is 2.02. The molecule has 7 heteroatoms. The van der Waals surface area contributed by atoms with Crippen molar-refractivity contribution in [2.75, 3.05) is 0 Å². The van der Waals surface area contributed by atoms with Crippen LogP contribution < -0.4 is 5.32 Å². The third-order valence-corrected chi connectivity index (χ3v) is 4.12. The first-order valence-corrected chi connectivity index (χ1v) is 8.30. The Kier molecular flexibility index (Phi) is 6.36. The quantitative estimate of drug-likeness (QED) is 0.645. The summed E-state index contributed by atoms with van der Waals surface area (Å²) in [5, 5.41) is 20.8. The van der Waals surface area contributed by atoms with E-state index in [0.717, 1.165) is 5.56 Å². The highest BCUT2D eigenvalue weighted by molar-refractivity contribution is 6.34. The summed E-state index contributed by atoms with van der Waals surface area (Å²) in [6, 6.07) is 9.85. The van der Waals surface area contributed by atoms with Gasteiger partial charge in [0.05, 0.1) is 10.6 Å². The largest absolute Gasteiger partial charge is 0.508 e. The molecule has 0 radical (unpaired) electrons. The molecule has 0 unspecified atom stereocenters. The zero-order chi connectivity index (χ0) is 19.3. The van der Waals surface area contributed by atoms with Crippen molar-refractivity contribution in [1.82, 2.24) is 5.32 Å². The van der Waals surface area contributed by atoms with Gasteiger partial charge in [-0.25, -0.2) is 0 Å². The molecule has 0 aromatic heterocycles. The number of hydrogen-bond acceptors (Lipinski definition) is 4. The van der Waals surface area contributed by atoms with Crippen molar-refractivity contribution in [3.8, 4) is 5.75 Å². The minimum Gasteiger partial charge on any atom is -0.508 e. The number of aliphatic carboxylic acids is 1. The van der Waals surface area contributed by atoms with Gasteiger partial charge in [0.15, 0.2) is 5.78 Å². The predicted octanol–water partition coefficient (Wildman–Crippen LogP) is 3.06. The Bertz CT molecular complexity index is 850. The maximum atomic E-state index is 12.2. The normalized spacial score (nSPS) is 11.6. The number of nitrogens with one attached hydrogen (secondary N) is 1. The Morgan fingerprint density at radius 3 is 2.50 bits per heavy atom. The lowest BCUT2D eigenvalue weighted by Gasteiger charge is -2.11. The SMILES string of the molecule is C[C@H](NC(=O)c1ccc(CCC(=O)c2cccc(O)c2)cc1Cl)C(=O)O. The number of carboxylic acid groups (broad SMARTS) is 1. The zero-order valence-corrected chi connectivity index (χ0v) is 14.8. The molecular weight excluding hydrogens is 358 g/mol. The minimum absolute atomic E-state index is 0.0323. The van der Waals surface area contributed by atoms with E-state index >= 15 is 0 Å². The molecule has 0 aliphatic rings. The molecule has 0 bridgehead atoms. The highest BCUT2D eigenvalue weighted by Crippen LogP contribution is 2.20. The van der Waals surface area contributed by atoms with E-state index in [1.54, 1.807) is 24.3 Å². The van der Waals surface area contributed by atoms with Crippen LogP contribution >= 0.6 is 11.6 Å². The van der Waals surface area contributed by atoms with Gasteiger partial charge in [0, 0.05) is 12.0 Å². The monoisotopic (exact) mass is 375 g/mol. The number of rotatable bonds is 7. The summed E-state index contributed by atoms with van der Waals surface area (Å²) in [7, 11) is 0. The molecule has 0 saturated heterocycles. The second-order valence-electron chi connectivity index (χ2n) is 5.82. The molecule has 0 saturated carbocycles. The van der Waals surface area contributed by atoms with Crippen molar-refractivity contribution < 1.29 is 24.6 Å². The third-order valence-electron chi connectivity index (χ3n) is 3.81. The van der Waals surface area contributed by atoms with Gasteiger partial charge in [-0.15, -0.1) is 0 Å². The topological polar surface area (TPSA) is 104 Å². The van der Waals surface area contributed by atoms with Gasteiger partial charge in [-0.3, -0.25) is 14.4 Å². The molecule has 0 aliphatic carbocycles. The van der Waals surface area contributed by atoms with Gasteiger partial charge in [0.25, 0.3) is 5.91 Å². The number of amides is 1. The Morgan fingerprint density at radius 2 is 1.88 bits per heavy atom. The molecule has 1 amide bonds. The molecule has 0 aliphatic heterocycles. The third kappa shape index (κ3) is 5.07. The van der Waals surface area contributed by atoms with E-state index in [1.165, 1.54) is 25.1 Å². The molecule has 0 spiro atoms. The van der Waals surface area contributed by atoms with Gasteiger partial charge < -0.3 is 15.5 Å². The van der Waals surface area contributed by atoms with Crippen molar-refractivity contribution in [3.63, 3.8) is 0 Å². The Labute approximate surface area is 155 Å². The Morgan fingerprint density at radius 1 is 1.15 bits per heavy atom. The van der Waals surface area contributed by atoms with Crippen molar-refractivity contribution >= 4 is 29.3 Å². The van der Waals surface area contributed by atoms with Gasteiger partial charge in [0.2, 0.25) is 0 Å². The number of aromatic hydroxyl groups is 1. The number of carboxylic acids is 1. The molecule has 3 N–H and O–H groups in total. The maximum Gasteiger partial charge on any atom is 0.325 e. The van der Waals surface area contributed by atoms with Crippen molar-refractivity contribution in [2.45, 2.75) is 25.8 Å². The fourth-order valence-electron chi connectivity index (χ4n) is 2.32. The van der Waals surface area contributed by atoms with Crippen molar-refractivity contribution in [3.05, 3.63) is 64.2 Å². The smallest absolute Gasteiger partial charge is 0.325 e. The fourth-order valence-corrected chi connectivity index (χ4v) is 2.60. The van der Waals surface area contributed by atoms with Crippen LogP contribution in [0.1, 0.15) is 39.6 Å². The second-order valence-corrected chi connectivity index (χ2v) is 6.23. The summed E-state index contributed by atoms with van der Waals surface area (Å²) in [5.41, 5.74) is 1.36. The van der Waals surface area contributed by atoms with E-state index in [0.29, 0.717) is 12.0 Å². The first kappa shape index (κ1) is 19.5.